The van der Waals surface area contributed by atoms with E-state index < -0.39 is 0 Å². The van der Waals surface area contributed by atoms with Gasteiger partial charge in [0.1, 0.15) is 0 Å². The molecule has 92 valence electrons. The third-order valence-electron chi connectivity index (χ3n) is 3.17. The molecule has 2 heterocycles. The predicted octanol–water partition coefficient (Wildman–Crippen LogP) is 4.84. The number of hydrogen-bond donors (Lipinski definition) is 0. The Morgan fingerprint density at radius 1 is 1.18 bits per heavy atom. The summed E-state index contributed by atoms with van der Waals surface area (Å²) in [6.07, 6.45) is 3.25. The average molecular weight is 247 g/mol. The highest BCUT2D eigenvalue weighted by atomic mass is 32.1. The Labute approximate surface area is 108 Å². The van der Waals surface area contributed by atoms with Crippen molar-refractivity contribution in [1.82, 2.24) is 4.57 Å². The summed E-state index contributed by atoms with van der Waals surface area (Å²) in [7, 11) is 0. The summed E-state index contributed by atoms with van der Waals surface area (Å²) < 4.78 is 2.36. The first-order valence-corrected chi connectivity index (χ1v) is 7.19. The highest BCUT2D eigenvalue weighted by Gasteiger charge is 2.11. The lowest BCUT2D eigenvalue weighted by Crippen LogP contribution is -2.05. The Morgan fingerprint density at radius 2 is 1.94 bits per heavy atom. The summed E-state index contributed by atoms with van der Waals surface area (Å²) in [5, 5.41) is 2.22. The molecule has 1 nitrogen and oxygen atoms in total. The van der Waals surface area contributed by atoms with Gasteiger partial charge in [0, 0.05) is 29.2 Å². The molecule has 0 aliphatic carbocycles. The molecule has 0 aliphatic heterocycles. The maximum absolute atomic E-state index is 2.36. The quantitative estimate of drug-likeness (QED) is 0.728. The molecule has 0 saturated carbocycles. The molecule has 0 N–H and O–H groups in total. The van der Waals surface area contributed by atoms with Gasteiger partial charge < -0.3 is 4.57 Å². The van der Waals surface area contributed by atoms with Crippen LogP contribution in [-0.4, -0.2) is 4.57 Å². The van der Waals surface area contributed by atoms with Crippen molar-refractivity contribution >= 4 is 11.3 Å². The maximum atomic E-state index is 2.36. The van der Waals surface area contributed by atoms with Crippen LogP contribution in [0.1, 0.15) is 55.8 Å². The van der Waals surface area contributed by atoms with Gasteiger partial charge in [-0.2, -0.15) is 0 Å². The first-order valence-electron chi connectivity index (χ1n) is 6.31. The number of nitrogens with zero attached hydrogens (tertiary/aromatic N) is 1. The Hall–Kier alpha value is -1.02. The first-order chi connectivity index (χ1) is 8.09. The minimum atomic E-state index is 0.544. The zero-order valence-electron chi connectivity index (χ0n) is 11.1. The van der Waals surface area contributed by atoms with Crippen LogP contribution in [-0.2, 0) is 6.42 Å². The summed E-state index contributed by atoms with van der Waals surface area (Å²) >= 11 is 1.88. The summed E-state index contributed by atoms with van der Waals surface area (Å²) in [4.78, 5) is 1.51. The molecule has 0 aromatic carbocycles. The fraction of sp³-hybridized carbons (Fsp3) is 0.467. The number of thiophene rings is 1. The van der Waals surface area contributed by atoms with Crippen molar-refractivity contribution in [3.05, 3.63) is 45.9 Å². The van der Waals surface area contributed by atoms with Gasteiger partial charge in [-0.1, -0.05) is 13.8 Å². The Morgan fingerprint density at radius 3 is 2.59 bits per heavy atom. The number of hydrogen-bond acceptors (Lipinski definition) is 1. The molecule has 0 spiro atoms. The summed E-state index contributed by atoms with van der Waals surface area (Å²) in [5.41, 5.74) is 2.93. The van der Waals surface area contributed by atoms with Crippen LogP contribution < -0.4 is 0 Å². The van der Waals surface area contributed by atoms with Crippen molar-refractivity contribution in [3.63, 3.8) is 0 Å². The van der Waals surface area contributed by atoms with Crippen molar-refractivity contribution in [2.24, 2.45) is 0 Å². The molecule has 0 aliphatic rings. The monoisotopic (exact) mass is 247 g/mol. The first kappa shape index (κ1) is 12.4. The van der Waals surface area contributed by atoms with Gasteiger partial charge in [-0.15, -0.1) is 11.3 Å². The second kappa shape index (κ2) is 5.09. The van der Waals surface area contributed by atoms with Gasteiger partial charge >= 0.3 is 0 Å². The molecule has 0 amide bonds. The van der Waals surface area contributed by atoms with E-state index in [1.807, 2.05) is 11.3 Å². The van der Waals surface area contributed by atoms with E-state index >= 15 is 0 Å². The van der Waals surface area contributed by atoms with Crippen LogP contribution in [0.5, 0.6) is 0 Å². The third-order valence-corrected chi connectivity index (χ3v) is 4.10. The molecule has 2 rings (SSSR count). The fourth-order valence-electron chi connectivity index (χ4n) is 2.26. The topological polar surface area (TPSA) is 4.93 Å². The van der Waals surface area contributed by atoms with E-state index in [1.54, 1.807) is 0 Å². The van der Waals surface area contributed by atoms with Gasteiger partial charge in [-0.25, -0.2) is 0 Å². The van der Waals surface area contributed by atoms with Gasteiger partial charge in [0.15, 0.2) is 0 Å². The van der Waals surface area contributed by atoms with Crippen LogP contribution in [0, 0.1) is 0 Å². The van der Waals surface area contributed by atoms with Crippen molar-refractivity contribution in [2.45, 2.75) is 46.1 Å². The highest BCUT2D eigenvalue weighted by Crippen LogP contribution is 2.27. The predicted molar refractivity (Wildman–Crippen MR) is 76.0 cm³/mol. The molecular formula is C15H21NS. The van der Waals surface area contributed by atoms with E-state index in [0.29, 0.717) is 12.0 Å². The van der Waals surface area contributed by atoms with E-state index in [2.05, 4.69) is 62.0 Å². The average Bonchev–Trinajstić information content (AvgIpc) is 2.86. The van der Waals surface area contributed by atoms with Crippen LogP contribution in [0.25, 0.3) is 0 Å². The van der Waals surface area contributed by atoms with Crippen molar-refractivity contribution < 1.29 is 0 Å². The molecule has 0 fully saturated rings. The summed E-state index contributed by atoms with van der Waals surface area (Å²) in [5.74, 6) is 0.624. The van der Waals surface area contributed by atoms with E-state index in [9.17, 15) is 0 Å². The Balaban J connectivity index is 2.25. The molecule has 2 aromatic rings. The van der Waals surface area contributed by atoms with Gasteiger partial charge in [-0.05, 0) is 48.9 Å². The number of rotatable bonds is 4. The molecule has 2 aromatic heterocycles. The second-order valence-corrected chi connectivity index (χ2v) is 6.13. The van der Waals surface area contributed by atoms with Crippen molar-refractivity contribution in [2.75, 3.05) is 0 Å². The van der Waals surface area contributed by atoms with E-state index in [-0.39, 0.29) is 0 Å². The SMILES string of the molecule is CC(C)c1ccsc1Cc1cccn1C(C)C. The van der Waals surface area contributed by atoms with Crippen LogP contribution in [0.4, 0.5) is 0 Å². The second-order valence-electron chi connectivity index (χ2n) is 5.13. The lowest BCUT2D eigenvalue weighted by Gasteiger charge is -2.13. The molecule has 2 heteroatoms. The van der Waals surface area contributed by atoms with Crippen LogP contribution in [0.2, 0.25) is 0 Å². The van der Waals surface area contributed by atoms with Gasteiger partial charge in [0.25, 0.3) is 0 Å². The van der Waals surface area contributed by atoms with Crippen LogP contribution >= 0.6 is 11.3 Å². The van der Waals surface area contributed by atoms with E-state index in [0.717, 1.165) is 6.42 Å². The molecule has 0 saturated heterocycles. The molecule has 17 heavy (non-hydrogen) atoms. The standard InChI is InChI=1S/C15H21NS/c1-11(2)14-7-9-17-15(14)10-13-6-5-8-16(13)12(3)4/h5-9,11-12H,10H2,1-4H3. The smallest absolute Gasteiger partial charge is 0.0276 e. The zero-order chi connectivity index (χ0) is 12.4. The molecule has 0 radical (unpaired) electrons. The van der Waals surface area contributed by atoms with E-state index in [1.165, 1.54) is 16.1 Å². The third kappa shape index (κ3) is 2.63. The van der Waals surface area contributed by atoms with E-state index in [4.69, 9.17) is 0 Å². The largest absolute Gasteiger partial charge is 0.349 e. The molecule has 0 unspecified atom stereocenters. The molecule has 0 atom stereocenters. The molecule has 0 bridgehead atoms. The Bertz CT molecular complexity index is 432. The fourth-order valence-corrected chi connectivity index (χ4v) is 3.31. The summed E-state index contributed by atoms with van der Waals surface area (Å²) in [6, 6.07) is 7.21. The molecular weight excluding hydrogens is 226 g/mol. The van der Waals surface area contributed by atoms with Crippen LogP contribution in [0.15, 0.2) is 29.8 Å². The zero-order valence-corrected chi connectivity index (χ0v) is 11.9. The normalized spacial score (nSPS) is 11.6. The number of aromatic nitrogens is 1. The summed E-state index contributed by atoms with van der Waals surface area (Å²) in [6.45, 7) is 9.02. The van der Waals surface area contributed by atoms with Gasteiger partial charge in [0.2, 0.25) is 0 Å². The lowest BCUT2D eigenvalue weighted by molar-refractivity contribution is 0.582. The van der Waals surface area contributed by atoms with Crippen LogP contribution in [0.3, 0.4) is 0 Å². The van der Waals surface area contributed by atoms with Gasteiger partial charge in [0.05, 0.1) is 0 Å². The Kier molecular flexibility index (Phi) is 3.72. The van der Waals surface area contributed by atoms with Gasteiger partial charge in [-0.3, -0.25) is 0 Å². The van der Waals surface area contributed by atoms with Crippen molar-refractivity contribution in [1.29, 1.82) is 0 Å². The maximum Gasteiger partial charge on any atom is 0.0276 e. The minimum absolute atomic E-state index is 0.544. The van der Waals surface area contributed by atoms with Crippen molar-refractivity contribution in [3.8, 4) is 0 Å². The minimum Gasteiger partial charge on any atom is -0.349 e. The lowest BCUT2D eigenvalue weighted by atomic mass is 10.0. The highest BCUT2D eigenvalue weighted by molar-refractivity contribution is 7.10.